The van der Waals surface area contributed by atoms with Gasteiger partial charge in [0.15, 0.2) is 0 Å². The lowest BCUT2D eigenvalue weighted by atomic mass is 10.1. The van der Waals surface area contributed by atoms with Crippen molar-refractivity contribution in [3.05, 3.63) is 54.1 Å². The summed E-state index contributed by atoms with van der Waals surface area (Å²) >= 11 is 0. The second-order valence-electron chi connectivity index (χ2n) is 5.85. The summed E-state index contributed by atoms with van der Waals surface area (Å²) in [5.41, 5.74) is 1.29. The van der Waals surface area contributed by atoms with E-state index in [4.69, 9.17) is 14.2 Å². The predicted octanol–water partition coefficient (Wildman–Crippen LogP) is 3.56. The van der Waals surface area contributed by atoms with Gasteiger partial charge in [-0.1, -0.05) is 30.3 Å². The minimum atomic E-state index is -1.46. The summed E-state index contributed by atoms with van der Waals surface area (Å²) in [5, 5.41) is 0. The Morgan fingerprint density at radius 2 is 1.88 bits per heavy atom. The normalized spacial score (nSPS) is 12.3. The van der Waals surface area contributed by atoms with Gasteiger partial charge in [0.2, 0.25) is 0 Å². The topological polar surface area (TPSA) is 79.7 Å². The molecule has 1 atom stereocenters. The number of benzene rings is 1. The molecule has 7 heteroatoms. The van der Waals surface area contributed by atoms with Gasteiger partial charge in [0, 0.05) is 13.8 Å². The van der Waals surface area contributed by atoms with Gasteiger partial charge < -0.3 is 18.8 Å². The number of hydrogen-bond donors (Lipinski definition) is 0. The van der Waals surface area contributed by atoms with Crippen LogP contribution in [0.25, 0.3) is 0 Å². The predicted molar refractivity (Wildman–Crippen MR) is 90.1 cm³/mol. The Labute approximate surface area is 146 Å². The molecule has 2 aromatic rings. The molecule has 0 radical (unpaired) electrons. The van der Waals surface area contributed by atoms with Crippen LogP contribution in [0.4, 0.5) is 4.79 Å². The molecule has 0 saturated heterocycles. The number of aromatic nitrogens is 2. The van der Waals surface area contributed by atoms with Gasteiger partial charge in [-0.3, -0.25) is 0 Å². The van der Waals surface area contributed by atoms with Gasteiger partial charge in [0.25, 0.3) is 5.79 Å². The Bertz CT molecular complexity index is 724. The van der Waals surface area contributed by atoms with Crippen LogP contribution in [0.3, 0.4) is 0 Å². The van der Waals surface area contributed by atoms with E-state index in [-0.39, 0.29) is 18.3 Å². The summed E-state index contributed by atoms with van der Waals surface area (Å²) in [7, 11) is 0. The zero-order valence-electron chi connectivity index (χ0n) is 14.8. The van der Waals surface area contributed by atoms with E-state index in [9.17, 15) is 9.59 Å². The van der Waals surface area contributed by atoms with Crippen LogP contribution in [0.15, 0.2) is 42.9 Å². The maximum Gasteiger partial charge on any atom is 0.511 e. The number of imidazole rings is 1. The smallest absolute Gasteiger partial charge is 0.434 e. The zero-order valence-corrected chi connectivity index (χ0v) is 14.8. The van der Waals surface area contributed by atoms with Crippen molar-refractivity contribution in [3.8, 4) is 0 Å². The molecule has 1 heterocycles. The quantitative estimate of drug-likeness (QED) is 0.588. The van der Waals surface area contributed by atoms with E-state index in [1.807, 2.05) is 37.3 Å². The molecule has 134 valence electrons. The fourth-order valence-electron chi connectivity index (χ4n) is 2.31. The molecule has 1 aromatic carbocycles. The van der Waals surface area contributed by atoms with E-state index in [2.05, 4.69) is 4.98 Å². The van der Waals surface area contributed by atoms with Crippen molar-refractivity contribution in [2.45, 2.75) is 39.5 Å². The van der Waals surface area contributed by atoms with Crippen LogP contribution in [-0.2, 0) is 14.2 Å². The molecule has 0 spiro atoms. The molecule has 25 heavy (non-hydrogen) atoms. The third-order valence-corrected chi connectivity index (χ3v) is 3.50. The molecule has 0 unspecified atom stereocenters. The highest BCUT2D eigenvalue weighted by atomic mass is 16.8. The molecule has 1 aromatic heterocycles. The van der Waals surface area contributed by atoms with Crippen molar-refractivity contribution in [2.75, 3.05) is 6.61 Å². The number of nitrogens with zero attached hydrogens (tertiary/aromatic N) is 2. The van der Waals surface area contributed by atoms with Crippen LogP contribution in [0.5, 0.6) is 0 Å². The van der Waals surface area contributed by atoms with Gasteiger partial charge in [-0.2, -0.15) is 0 Å². The summed E-state index contributed by atoms with van der Waals surface area (Å²) < 4.78 is 16.7. The maximum absolute atomic E-state index is 12.5. The molecule has 0 aliphatic carbocycles. The zero-order chi connectivity index (χ0) is 18.4. The summed E-state index contributed by atoms with van der Waals surface area (Å²) in [6.45, 7) is 6.70. The third-order valence-electron chi connectivity index (χ3n) is 3.50. The molecular weight excluding hydrogens is 324 g/mol. The van der Waals surface area contributed by atoms with Crippen molar-refractivity contribution >= 4 is 12.1 Å². The van der Waals surface area contributed by atoms with Crippen LogP contribution in [-0.4, -0.2) is 34.1 Å². The first-order chi connectivity index (χ1) is 11.8. The number of carbonyl (C=O) groups is 2. The van der Waals surface area contributed by atoms with Crippen LogP contribution in [0.1, 0.15) is 49.8 Å². The second-order valence-corrected chi connectivity index (χ2v) is 5.85. The number of rotatable bonds is 6. The molecule has 0 saturated carbocycles. The first-order valence-corrected chi connectivity index (χ1v) is 8.00. The van der Waals surface area contributed by atoms with Gasteiger partial charge >= 0.3 is 12.1 Å². The van der Waals surface area contributed by atoms with E-state index in [1.54, 1.807) is 17.8 Å². The van der Waals surface area contributed by atoms with E-state index in [0.29, 0.717) is 0 Å². The summed E-state index contributed by atoms with van der Waals surface area (Å²) in [5.74, 6) is -2.11. The first kappa shape index (κ1) is 18.5. The van der Waals surface area contributed by atoms with Crippen molar-refractivity contribution in [3.63, 3.8) is 0 Å². The van der Waals surface area contributed by atoms with Crippen molar-refractivity contribution in [1.82, 2.24) is 9.55 Å². The molecule has 0 aliphatic rings. The van der Waals surface area contributed by atoms with Crippen molar-refractivity contribution in [1.29, 1.82) is 0 Å². The van der Waals surface area contributed by atoms with Crippen molar-refractivity contribution < 1.29 is 23.8 Å². The van der Waals surface area contributed by atoms with Gasteiger partial charge in [-0.15, -0.1) is 0 Å². The number of esters is 1. The van der Waals surface area contributed by atoms with Crippen LogP contribution in [0, 0.1) is 0 Å². The highest BCUT2D eigenvalue weighted by molar-refractivity contribution is 5.87. The Hall–Kier alpha value is -2.83. The minimum Gasteiger partial charge on any atom is -0.434 e. The average molecular weight is 346 g/mol. The Kier molecular flexibility index (Phi) is 5.80. The highest BCUT2D eigenvalue weighted by Gasteiger charge is 2.30. The Balaban J connectivity index is 2.13. The standard InChI is InChI=1S/C18H22N2O5/c1-5-23-17(22)25-18(3,4)24-16(21)15-11-19-12-20(15)13(2)14-9-7-6-8-10-14/h6-13H,5H2,1-4H3/t13-/m1/s1. The van der Waals surface area contributed by atoms with E-state index < -0.39 is 17.9 Å². The lowest BCUT2D eigenvalue weighted by Gasteiger charge is -2.25. The highest BCUT2D eigenvalue weighted by Crippen LogP contribution is 2.22. The van der Waals surface area contributed by atoms with Crippen LogP contribution in [0.2, 0.25) is 0 Å². The Morgan fingerprint density at radius 3 is 2.52 bits per heavy atom. The SMILES string of the molecule is CCOC(=O)OC(C)(C)OC(=O)c1cncn1[C@H](C)c1ccccc1. The van der Waals surface area contributed by atoms with Gasteiger partial charge in [0.05, 0.1) is 25.2 Å². The Morgan fingerprint density at radius 1 is 1.20 bits per heavy atom. The summed E-state index contributed by atoms with van der Waals surface area (Å²) in [4.78, 5) is 28.0. The molecule has 0 amide bonds. The molecule has 0 fully saturated rings. The molecule has 0 bridgehead atoms. The van der Waals surface area contributed by atoms with E-state index >= 15 is 0 Å². The lowest BCUT2D eigenvalue weighted by molar-refractivity contribution is -0.155. The molecule has 0 aliphatic heterocycles. The summed E-state index contributed by atoms with van der Waals surface area (Å²) in [6.07, 6.45) is 2.09. The van der Waals surface area contributed by atoms with E-state index in [0.717, 1.165) is 5.56 Å². The average Bonchev–Trinajstić information content (AvgIpc) is 3.04. The van der Waals surface area contributed by atoms with Gasteiger partial charge in [-0.25, -0.2) is 14.6 Å². The summed E-state index contributed by atoms with van der Waals surface area (Å²) in [6, 6.07) is 9.60. The monoisotopic (exact) mass is 346 g/mol. The largest absolute Gasteiger partial charge is 0.511 e. The fraction of sp³-hybridized carbons (Fsp3) is 0.389. The molecule has 0 N–H and O–H groups in total. The minimum absolute atomic E-state index is 0.111. The molecule has 2 rings (SSSR count). The van der Waals surface area contributed by atoms with Crippen LogP contribution >= 0.6 is 0 Å². The fourth-order valence-corrected chi connectivity index (χ4v) is 2.31. The first-order valence-electron chi connectivity index (χ1n) is 8.00. The third kappa shape index (κ3) is 4.82. The maximum atomic E-state index is 12.5. The van der Waals surface area contributed by atoms with Crippen molar-refractivity contribution in [2.24, 2.45) is 0 Å². The second kappa shape index (κ2) is 7.83. The van der Waals surface area contributed by atoms with E-state index in [1.165, 1.54) is 20.0 Å². The van der Waals surface area contributed by atoms with Gasteiger partial charge in [0.1, 0.15) is 5.69 Å². The number of carbonyl (C=O) groups excluding carboxylic acids is 2. The number of hydrogen-bond acceptors (Lipinski definition) is 6. The molecular formula is C18H22N2O5. The lowest BCUT2D eigenvalue weighted by Crippen LogP contribution is -2.35. The molecule has 7 nitrogen and oxygen atoms in total. The number of ether oxygens (including phenoxy) is 3. The van der Waals surface area contributed by atoms with Gasteiger partial charge in [-0.05, 0) is 19.4 Å². The van der Waals surface area contributed by atoms with Crippen LogP contribution < -0.4 is 0 Å².